The summed E-state index contributed by atoms with van der Waals surface area (Å²) in [5, 5.41) is 8.80. The van der Waals surface area contributed by atoms with Gasteiger partial charge in [-0.25, -0.2) is 0 Å². The van der Waals surface area contributed by atoms with Gasteiger partial charge in [0.05, 0.1) is 5.69 Å². The second kappa shape index (κ2) is 6.01. The Labute approximate surface area is 131 Å². The first-order valence-corrected chi connectivity index (χ1v) is 8.61. The van der Waals surface area contributed by atoms with E-state index >= 15 is 0 Å². The molecule has 0 spiro atoms. The molecule has 1 fully saturated rings. The summed E-state index contributed by atoms with van der Waals surface area (Å²) in [6, 6.07) is 4.47. The predicted molar refractivity (Wildman–Crippen MR) is 88.2 cm³/mol. The van der Waals surface area contributed by atoms with E-state index in [9.17, 15) is 0 Å². The molecular weight excluding hydrogens is 274 g/mol. The van der Waals surface area contributed by atoms with Gasteiger partial charge in [0.2, 0.25) is 0 Å². The first-order chi connectivity index (χ1) is 10.8. The highest BCUT2D eigenvalue weighted by Crippen LogP contribution is 2.28. The third-order valence-electron chi connectivity index (χ3n) is 5.37. The minimum atomic E-state index is 0.870. The van der Waals surface area contributed by atoms with Gasteiger partial charge in [-0.05, 0) is 63.2 Å². The SMILES string of the molecule is Cc1noc2c3c(ccc12)CCN(CC1CCNCC1)CC3. The first-order valence-electron chi connectivity index (χ1n) is 8.61. The number of hydrogen-bond donors (Lipinski definition) is 1. The van der Waals surface area contributed by atoms with Crippen LogP contribution in [-0.2, 0) is 12.8 Å². The van der Waals surface area contributed by atoms with Crippen LogP contribution < -0.4 is 5.32 Å². The molecule has 4 nitrogen and oxygen atoms in total. The van der Waals surface area contributed by atoms with Gasteiger partial charge in [0.25, 0.3) is 0 Å². The number of fused-ring (bicyclic) bond motifs is 3. The molecule has 2 aliphatic heterocycles. The predicted octanol–water partition coefficient (Wildman–Crippen LogP) is 2.54. The molecule has 2 aromatic rings. The van der Waals surface area contributed by atoms with Crippen molar-refractivity contribution in [1.29, 1.82) is 0 Å². The third kappa shape index (κ3) is 2.66. The smallest absolute Gasteiger partial charge is 0.170 e. The highest BCUT2D eigenvalue weighted by molar-refractivity contribution is 5.83. The highest BCUT2D eigenvalue weighted by Gasteiger charge is 2.22. The van der Waals surface area contributed by atoms with E-state index in [-0.39, 0.29) is 0 Å². The molecule has 1 aromatic heterocycles. The Balaban J connectivity index is 1.51. The summed E-state index contributed by atoms with van der Waals surface area (Å²) >= 11 is 0. The largest absolute Gasteiger partial charge is 0.356 e. The zero-order chi connectivity index (χ0) is 14.9. The molecule has 1 aromatic carbocycles. The van der Waals surface area contributed by atoms with Crippen molar-refractivity contribution in [3.8, 4) is 0 Å². The van der Waals surface area contributed by atoms with E-state index < -0.39 is 0 Å². The molecule has 0 amide bonds. The number of rotatable bonds is 2. The number of nitrogens with one attached hydrogen (secondary N) is 1. The van der Waals surface area contributed by atoms with E-state index in [1.165, 1.54) is 55.5 Å². The van der Waals surface area contributed by atoms with Gasteiger partial charge in [0, 0.05) is 30.6 Å². The molecule has 0 radical (unpaired) electrons. The fraction of sp³-hybridized carbons (Fsp3) is 0.611. The van der Waals surface area contributed by atoms with Crippen LogP contribution in [0.3, 0.4) is 0 Å². The lowest BCUT2D eigenvalue weighted by molar-refractivity contribution is 0.213. The number of nitrogens with zero attached hydrogens (tertiary/aromatic N) is 2. The maximum Gasteiger partial charge on any atom is 0.170 e. The van der Waals surface area contributed by atoms with Gasteiger partial charge >= 0.3 is 0 Å². The Kier molecular flexibility index (Phi) is 3.89. The van der Waals surface area contributed by atoms with Crippen molar-refractivity contribution in [2.45, 2.75) is 32.6 Å². The summed E-state index contributed by atoms with van der Waals surface area (Å²) in [4.78, 5) is 2.66. The zero-order valence-corrected chi connectivity index (χ0v) is 13.4. The molecule has 22 heavy (non-hydrogen) atoms. The molecule has 3 heterocycles. The summed E-state index contributed by atoms with van der Waals surface area (Å²) in [6.45, 7) is 7.99. The van der Waals surface area contributed by atoms with Crippen LogP contribution in [0.2, 0.25) is 0 Å². The number of piperidine rings is 1. The van der Waals surface area contributed by atoms with Gasteiger partial charge in [0.1, 0.15) is 0 Å². The summed E-state index contributed by atoms with van der Waals surface area (Å²) in [5.41, 5.74) is 4.88. The van der Waals surface area contributed by atoms with Crippen molar-refractivity contribution >= 4 is 11.0 Å². The Morgan fingerprint density at radius 2 is 2.05 bits per heavy atom. The van der Waals surface area contributed by atoms with E-state index in [2.05, 4.69) is 27.5 Å². The molecule has 0 unspecified atom stereocenters. The van der Waals surface area contributed by atoms with Crippen molar-refractivity contribution in [3.05, 3.63) is 29.0 Å². The molecule has 118 valence electrons. The van der Waals surface area contributed by atoms with Crippen molar-refractivity contribution in [2.24, 2.45) is 5.92 Å². The molecule has 0 saturated carbocycles. The van der Waals surface area contributed by atoms with Crippen LogP contribution in [0.15, 0.2) is 16.7 Å². The van der Waals surface area contributed by atoms with Crippen LogP contribution in [0.1, 0.15) is 29.7 Å². The van der Waals surface area contributed by atoms with E-state index in [1.54, 1.807) is 0 Å². The Bertz CT molecular complexity index is 658. The van der Waals surface area contributed by atoms with Crippen molar-refractivity contribution < 1.29 is 4.52 Å². The number of benzene rings is 1. The molecule has 2 aliphatic rings. The second-order valence-corrected chi connectivity index (χ2v) is 6.84. The number of hydrogen-bond acceptors (Lipinski definition) is 4. The van der Waals surface area contributed by atoms with Gasteiger partial charge in [-0.3, -0.25) is 0 Å². The van der Waals surface area contributed by atoms with Crippen molar-refractivity contribution in [2.75, 3.05) is 32.7 Å². The minimum absolute atomic E-state index is 0.870. The maximum atomic E-state index is 5.61. The van der Waals surface area contributed by atoms with Gasteiger partial charge in [0.15, 0.2) is 5.58 Å². The standard InChI is InChI=1S/C18H25N3O/c1-13-16-3-2-15-6-10-21(12-14-4-8-19-9-5-14)11-7-17(15)18(16)22-20-13/h2-3,14,19H,4-12H2,1H3. The van der Waals surface area contributed by atoms with Gasteiger partial charge in [-0.1, -0.05) is 11.2 Å². The average molecular weight is 299 g/mol. The molecule has 4 heteroatoms. The molecule has 0 atom stereocenters. The number of aryl methyl sites for hydroxylation is 1. The van der Waals surface area contributed by atoms with Crippen LogP contribution in [-0.4, -0.2) is 42.8 Å². The van der Waals surface area contributed by atoms with Gasteiger partial charge in [-0.15, -0.1) is 0 Å². The quantitative estimate of drug-likeness (QED) is 0.925. The first kappa shape index (κ1) is 14.2. The Hall–Kier alpha value is -1.39. The molecule has 0 aliphatic carbocycles. The molecule has 4 rings (SSSR count). The van der Waals surface area contributed by atoms with Crippen LogP contribution in [0.5, 0.6) is 0 Å². The Morgan fingerprint density at radius 3 is 2.91 bits per heavy atom. The topological polar surface area (TPSA) is 41.3 Å². The monoisotopic (exact) mass is 299 g/mol. The lowest BCUT2D eigenvalue weighted by Crippen LogP contribution is -2.37. The minimum Gasteiger partial charge on any atom is -0.356 e. The third-order valence-corrected chi connectivity index (χ3v) is 5.37. The van der Waals surface area contributed by atoms with Crippen LogP contribution in [0.4, 0.5) is 0 Å². The molecule has 1 saturated heterocycles. The lowest BCUT2D eigenvalue weighted by atomic mass is 9.97. The van der Waals surface area contributed by atoms with E-state index in [4.69, 9.17) is 4.52 Å². The van der Waals surface area contributed by atoms with Crippen molar-refractivity contribution in [1.82, 2.24) is 15.4 Å². The maximum absolute atomic E-state index is 5.61. The van der Waals surface area contributed by atoms with Crippen LogP contribution in [0.25, 0.3) is 11.0 Å². The fourth-order valence-electron chi connectivity index (χ4n) is 4.00. The van der Waals surface area contributed by atoms with Crippen molar-refractivity contribution in [3.63, 3.8) is 0 Å². The fourth-order valence-corrected chi connectivity index (χ4v) is 4.00. The van der Waals surface area contributed by atoms with E-state index in [0.717, 1.165) is 36.6 Å². The summed E-state index contributed by atoms with van der Waals surface area (Å²) in [5.74, 6) is 0.870. The molecule has 1 N–H and O–H groups in total. The zero-order valence-electron chi connectivity index (χ0n) is 13.4. The second-order valence-electron chi connectivity index (χ2n) is 6.84. The van der Waals surface area contributed by atoms with E-state index in [1.807, 2.05) is 6.92 Å². The highest BCUT2D eigenvalue weighted by atomic mass is 16.5. The molecule has 0 bridgehead atoms. The molecular formula is C18H25N3O. The van der Waals surface area contributed by atoms with Gasteiger partial charge in [-0.2, -0.15) is 0 Å². The van der Waals surface area contributed by atoms with Crippen LogP contribution in [0, 0.1) is 12.8 Å². The summed E-state index contributed by atoms with van der Waals surface area (Å²) in [6.07, 6.45) is 4.88. The summed E-state index contributed by atoms with van der Waals surface area (Å²) < 4.78 is 5.61. The average Bonchev–Trinajstić information content (AvgIpc) is 2.80. The Morgan fingerprint density at radius 1 is 1.23 bits per heavy atom. The normalized spacial score (nSPS) is 21.0. The van der Waals surface area contributed by atoms with E-state index in [0.29, 0.717) is 0 Å². The van der Waals surface area contributed by atoms with Gasteiger partial charge < -0.3 is 14.7 Å². The lowest BCUT2D eigenvalue weighted by Gasteiger charge is -2.29. The number of aromatic nitrogens is 1. The van der Waals surface area contributed by atoms with Crippen LogP contribution >= 0.6 is 0 Å². The summed E-state index contributed by atoms with van der Waals surface area (Å²) in [7, 11) is 0.